The molecule has 1 aromatic rings. The molecule has 3 N–H and O–H groups in total. The van der Waals surface area contributed by atoms with Crippen LogP contribution in [0.4, 0.5) is 0 Å². The van der Waals surface area contributed by atoms with E-state index in [0.29, 0.717) is 0 Å². The molecule has 0 aliphatic carbocycles. The second kappa shape index (κ2) is 5.74. The van der Waals surface area contributed by atoms with E-state index >= 15 is 0 Å². The summed E-state index contributed by atoms with van der Waals surface area (Å²) in [6, 6.07) is 4.45. The SMILES string of the molecule is O=C(O)CCCC(C(=O)O)c1cccc2c1C(=O)NC2=O. The van der Waals surface area contributed by atoms with Gasteiger partial charge in [-0.1, -0.05) is 12.1 Å². The highest BCUT2D eigenvalue weighted by Crippen LogP contribution is 2.30. The Morgan fingerprint density at radius 1 is 1.14 bits per heavy atom. The molecule has 1 aliphatic rings. The third-order valence-electron chi connectivity index (χ3n) is 3.35. The van der Waals surface area contributed by atoms with Crippen LogP contribution in [0.25, 0.3) is 0 Å². The molecule has 1 aliphatic heterocycles. The molecule has 1 aromatic carbocycles. The maximum atomic E-state index is 11.8. The first-order chi connectivity index (χ1) is 9.91. The van der Waals surface area contributed by atoms with E-state index in [2.05, 4.69) is 5.32 Å². The fourth-order valence-electron chi connectivity index (χ4n) is 2.41. The average molecular weight is 291 g/mol. The van der Waals surface area contributed by atoms with E-state index in [1.807, 2.05) is 0 Å². The van der Waals surface area contributed by atoms with Crippen LogP contribution in [0.2, 0.25) is 0 Å². The molecular weight excluding hydrogens is 278 g/mol. The van der Waals surface area contributed by atoms with E-state index in [1.54, 1.807) is 0 Å². The Kier molecular flexibility index (Phi) is 4.02. The number of rotatable bonds is 6. The lowest BCUT2D eigenvalue weighted by Gasteiger charge is -2.14. The van der Waals surface area contributed by atoms with Gasteiger partial charge < -0.3 is 10.2 Å². The van der Waals surface area contributed by atoms with E-state index in [0.717, 1.165) is 0 Å². The monoisotopic (exact) mass is 291 g/mol. The van der Waals surface area contributed by atoms with Crippen molar-refractivity contribution in [3.8, 4) is 0 Å². The number of nitrogens with one attached hydrogen (secondary N) is 1. The first-order valence-corrected chi connectivity index (χ1v) is 6.35. The summed E-state index contributed by atoms with van der Waals surface area (Å²) < 4.78 is 0. The van der Waals surface area contributed by atoms with Gasteiger partial charge in [-0.3, -0.25) is 24.5 Å². The standard InChI is InChI=1S/C14H13NO6/c16-10(17)6-2-4-8(14(20)21)7-3-1-5-9-11(7)13(19)15-12(9)18/h1,3,5,8H,2,4,6H2,(H,16,17)(H,20,21)(H,15,18,19). The number of carbonyl (C=O) groups is 4. The largest absolute Gasteiger partial charge is 0.481 e. The lowest BCUT2D eigenvalue weighted by molar-refractivity contribution is -0.140. The van der Waals surface area contributed by atoms with Crippen molar-refractivity contribution in [3.63, 3.8) is 0 Å². The van der Waals surface area contributed by atoms with Gasteiger partial charge in [-0.2, -0.15) is 0 Å². The minimum Gasteiger partial charge on any atom is -0.481 e. The van der Waals surface area contributed by atoms with Gasteiger partial charge in [0, 0.05) is 6.42 Å². The third-order valence-corrected chi connectivity index (χ3v) is 3.35. The molecule has 2 rings (SSSR count). The van der Waals surface area contributed by atoms with Crippen molar-refractivity contribution in [1.29, 1.82) is 0 Å². The van der Waals surface area contributed by atoms with Gasteiger partial charge >= 0.3 is 11.9 Å². The number of benzene rings is 1. The zero-order valence-corrected chi connectivity index (χ0v) is 11.0. The van der Waals surface area contributed by atoms with E-state index < -0.39 is 29.7 Å². The number of carbonyl (C=O) groups excluding carboxylic acids is 2. The number of carboxylic acids is 2. The molecule has 110 valence electrons. The van der Waals surface area contributed by atoms with Gasteiger partial charge in [-0.15, -0.1) is 0 Å². The number of hydrogen-bond acceptors (Lipinski definition) is 4. The first-order valence-electron chi connectivity index (χ1n) is 6.35. The van der Waals surface area contributed by atoms with Crippen LogP contribution < -0.4 is 5.32 Å². The van der Waals surface area contributed by atoms with Crippen molar-refractivity contribution in [2.24, 2.45) is 0 Å². The summed E-state index contributed by atoms with van der Waals surface area (Å²) in [7, 11) is 0. The van der Waals surface area contributed by atoms with Crippen molar-refractivity contribution in [3.05, 3.63) is 34.9 Å². The molecule has 7 nitrogen and oxygen atoms in total. The molecule has 2 amide bonds. The highest BCUT2D eigenvalue weighted by molar-refractivity contribution is 6.22. The van der Waals surface area contributed by atoms with Crippen molar-refractivity contribution in [2.75, 3.05) is 0 Å². The highest BCUT2D eigenvalue weighted by Gasteiger charge is 2.33. The average Bonchev–Trinajstić information content (AvgIpc) is 2.70. The van der Waals surface area contributed by atoms with E-state index in [4.69, 9.17) is 5.11 Å². The minimum absolute atomic E-state index is 0.0743. The smallest absolute Gasteiger partial charge is 0.310 e. The normalized spacial score (nSPS) is 14.5. The Bertz CT molecular complexity index is 636. The summed E-state index contributed by atoms with van der Waals surface area (Å²) in [5.74, 6) is -4.34. The van der Waals surface area contributed by atoms with Crippen LogP contribution in [-0.4, -0.2) is 34.0 Å². The van der Waals surface area contributed by atoms with Crippen molar-refractivity contribution in [2.45, 2.75) is 25.2 Å². The maximum Gasteiger partial charge on any atom is 0.310 e. The van der Waals surface area contributed by atoms with Crippen LogP contribution in [-0.2, 0) is 9.59 Å². The van der Waals surface area contributed by atoms with Gasteiger partial charge in [0.1, 0.15) is 0 Å². The molecule has 0 saturated heterocycles. The second-order valence-electron chi connectivity index (χ2n) is 4.73. The number of amides is 2. The number of fused-ring (bicyclic) bond motifs is 1. The van der Waals surface area contributed by atoms with E-state index in [9.17, 15) is 24.3 Å². The van der Waals surface area contributed by atoms with E-state index in [-0.39, 0.29) is 36.0 Å². The van der Waals surface area contributed by atoms with Crippen LogP contribution in [0.5, 0.6) is 0 Å². The van der Waals surface area contributed by atoms with Gasteiger partial charge in [0.15, 0.2) is 0 Å². The zero-order chi connectivity index (χ0) is 15.6. The first kappa shape index (κ1) is 14.7. The van der Waals surface area contributed by atoms with E-state index in [1.165, 1.54) is 18.2 Å². The van der Waals surface area contributed by atoms with Gasteiger partial charge in [0.2, 0.25) is 0 Å². The molecule has 0 spiro atoms. The van der Waals surface area contributed by atoms with Gasteiger partial charge in [-0.05, 0) is 24.5 Å². The predicted octanol–water partition coefficient (Wildman–Crippen LogP) is 0.993. The summed E-state index contributed by atoms with van der Waals surface area (Å²) in [6.45, 7) is 0. The Hall–Kier alpha value is -2.70. The van der Waals surface area contributed by atoms with Crippen LogP contribution >= 0.6 is 0 Å². The molecule has 1 unspecified atom stereocenters. The number of hydrogen-bond donors (Lipinski definition) is 3. The molecular formula is C14H13NO6. The molecule has 0 aromatic heterocycles. The fourth-order valence-corrected chi connectivity index (χ4v) is 2.41. The fraction of sp³-hybridized carbons (Fsp3) is 0.286. The summed E-state index contributed by atoms with van der Waals surface area (Å²) >= 11 is 0. The molecule has 7 heteroatoms. The summed E-state index contributed by atoms with van der Waals surface area (Å²) in [5.41, 5.74) is 0.473. The number of carboxylic acid groups (broad SMARTS) is 2. The van der Waals surface area contributed by atoms with Crippen molar-refractivity contribution >= 4 is 23.8 Å². The maximum absolute atomic E-state index is 11.8. The summed E-state index contributed by atoms with van der Waals surface area (Å²) in [6.07, 6.45) is 0.106. The lowest BCUT2D eigenvalue weighted by Crippen LogP contribution is -2.21. The molecule has 0 saturated carbocycles. The molecule has 21 heavy (non-hydrogen) atoms. The Morgan fingerprint density at radius 3 is 2.48 bits per heavy atom. The lowest BCUT2D eigenvalue weighted by atomic mass is 9.88. The van der Waals surface area contributed by atoms with Gasteiger partial charge in [0.25, 0.3) is 11.8 Å². The van der Waals surface area contributed by atoms with Crippen LogP contribution in [0.15, 0.2) is 18.2 Å². The number of aliphatic carboxylic acids is 2. The quantitative estimate of drug-likeness (QED) is 0.672. The molecule has 1 atom stereocenters. The summed E-state index contributed by atoms with van der Waals surface area (Å²) in [4.78, 5) is 45.3. The van der Waals surface area contributed by atoms with Crippen LogP contribution in [0.1, 0.15) is 51.5 Å². The Labute approximate surface area is 119 Å². The van der Waals surface area contributed by atoms with Crippen LogP contribution in [0.3, 0.4) is 0 Å². The van der Waals surface area contributed by atoms with Crippen molar-refractivity contribution in [1.82, 2.24) is 5.32 Å². The van der Waals surface area contributed by atoms with Gasteiger partial charge in [-0.25, -0.2) is 0 Å². The van der Waals surface area contributed by atoms with Crippen molar-refractivity contribution < 1.29 is 29.4 Å². The van der Waals surface area contributed by atoms with Crippen LogP contribution in [0, 0.1) is 0 Å². The van der Waals surface area contributed by atoms with Gasteiger partial charge in [0.05, 0.1) is 17.0 Å². The number of imide groups is 1. The topological polar surface area (TPSA) is 121 Å². The molecule has 0 fully saturated rings. The third kappa shape index (κ3) is 2.91. The second-order valence-corrected chi connectivity index (χ2v) is 4.73. The molecule has 1 heterocycles. The zero-order valence-electron chi connectivity index (χ0n) is 11.0. The molecule has 0 bridgehead atoms. The Balaban J connectivity index is 2.34. The highest BCUT2D eigenvalue weighted by atomic mass is 16.4. The minimum atomic E-state index is -1.15. The predicted molar refractivity (Wildman–Crippen MR) is 70.1 cm³/mol. The summed E-state index contributed by atoms with van der Waals surface area (Å²) in [5, 5.41) is 20.0. The Morgan fingerprint density at radius 2 is 1.86 bits per heavy atom. The molecule has 0 radical (unpaired) electrons.